The monoisotopic (exact) mass is 388 g/mol. The summed E-state index contributed by atoms with van der Waals surface area (Å²) in [5.74, 6) is 1.66. The number of benzene rings is 1. The highest BCUT2D eigenvalue weighted by Crippen LogP contribution is 2.34. The highest BCUT2D eigenvalue weighted by atomic mass is 16.5. The number of anilines is 1. The molecule has 5 heteroatoms. The van der Waals surface area contributed by atoms with Crippen molar-refractivity contribution in [2.75, 3.05) is 38.2 Å². The fourth-order valence-electron chi connectivity index (χ4n) is 4.51. The zero-order valence-corrected chi connectivity index (χ0v) is 17.5. The normalized spacial score (nSPS) is 22.1. The highest BCUT2D eigenvalue weighted by Gasteiger charge is 2.41. The molecular formula is C23H36N2O3. The number of nitrogens with one attached hydrogen (secondary N) is 1. The summed E-state index contributed by atoms with van der Waals surface area (Å²) in [6.45, 7) is 9.13. The number of ether oxygens (including phenoxy) is 2. The van der Waals surface area contributed by atoms with E-state index in [0.29, 0.717) is 6.61 Å². The molecule has 1 N–H and O–H groups in total. The van der Waals surface area contributed by atoms with Crippen LogP contribution in [0.25, 0.3) is 0 Å². The molecule has 1 aliphatic carbocycles. The maximum atomic E-state index is 12.7. The van der Waals surface area contributed by atoms with Crippen molar-refractivity contribution in [1.29, 1.82) is 0 Å². The summed E-state index contributed by atoms with van der Waals surface area (Å²) < 4.78 is 11.7. The van der Waals surface area contributed by atoms with Gasteiger partial charge in [-0.05, 0) is 88.6 Å². The number of nitrogens with zero attached hydrogens (tertiary/aromatic N) is 1. The Kier molecular flexibility index (Phi) is 7.74. The fraction of sp³-hybridized carbons (Fsp3) is 0.696. The fourth-order valence-corrected chi connectivity index (χ4v) is 4.51. The van der Waals surface area contributed by atoms with Gasteiger partial charge in [0.25, 0.3) is 5.91 Å². The van der Waals surface area contributed by atoms with E-state index in [2.05, 4.69) is 17.1 Å². The number of piperidine rings is 1. The third-order valence-corrected chi connectivity index (χ3v) is 5.99. The summed E-state index contributed by atoms with van der Waals surface area (Å²) in [6, 6.07) is 7.68. The second kappa shape index (κ2) is 10.3. The van der Waals surface area contributed by atoms with Crippen molar-refractivity contribution in [2.45, 2.75) is 64.4 Å². The van der Waals surface area contributed by atoms with E-state index in [1.165, 1.54) is 25.9 Å². The van der Waals surface area contributed by atoms with E-state index in [1.807, 2.05) is 31.2 Å². The number of carbonyl (C=O) groups is 1. The molecule has 1 aromatic rings. The standard InChI is InChI=1S/C23H36N2O3/c1-3-28-23(13-4-5-14-23)22(26)24-20-9-11-21(12-10-20)27-17-7-16-25-15-6-8-19(2)18-25/h9-12,19H,3-8,13-18H2,1-2H3,(H,24,26)/t19-/m1/s1. The van der Waals surface area contributed by atoms with Crippen LogP contribution in [0.2, 0.25) is 0 Å². The summed E-state index contributed by atoms with van der Waals surface area (Å²) in [5.41, 5.74) is 0.154. The van der Waals surface area contributed by atoms with Gasteiger partial charge in [-0.25, -0.2) is 0 Å². The molecule has 1 heterocycles. The SMILES string of the molecule is CCOC1(C(=O)Nc2ccc(OCCCN3CCC[C@@H](C)C3)cc2)CCCC1. The van der Waals surface area contributed by atoms with Gasteiger partial charge in [0.1, 0.15) is 11.4 Å². The van der Waals surface area contributed by atoms with Crippen molar-refractivity contribution in [2.24, 2.45) is 5.92 Å². The summed E-state index contributed by atoms with van der Waals surface area (Å²) in [7, 11) is 0. The van der Waals surface area contributed by atoms with Gasteiger partial charge < -0.3 is 19.7 Å². The van der Waals surface area contributed by atoms with Crippen molar-refractivity contribution in [3.8, 4) is 5.75 Å². The lowest BCUT2D eigenvalue weighted by atomic mass is 10.0. The summed E-state index contributed by atoms with van der Waals surface area (Å²) in [5, 5.41) is 3.02. The second-order valence-corrected chi connectivity index (χ2v) is 8.36. The third-order valence-electron chi connectivity index (χ3n) is 5.99. The molecule has 2 fully saturated rings. The van der Waals surface area contributed by atoms with E-state index in [4.69, 9.17) is 9.47 Å². The molecule has 156 valence electrons. The molecule has 0 aromatic heterocycles. The van der Waals surface area contributed by atoms with Crippen LogP contribution in [0.5, 0.6) is 5.75 Å². The van der Waals surface area contributed by atoms with Gasteiger partial charge in [-0.1, -0.05) is 6.92 Å². The van der Waals surface area contributed by atoms with Gasteiger partial charge in [0.15, 0.2) is 0 Å². The molecule has 0 spiro atoms. The van der Waals surface area contributed by atoms with Gasteiger partial charge in [0.2, 0.25) is 0 Å². The summed E-state index contributed by atoms with van der Waals surface area (Å²) >= 11 is 0. The minimum absolute atomic E-state index is 0.0173. The van der Waals surface area contributed by atoms with Crippen molar-refractivity contribution in [3.05, 3.63) is 24.3 Å². The third kappa shape index (κ3) is 5.71. The minimum Gasteiger partial charge on any atom is -0.494 e. The topological polar surface area (TPSA) is 50.8 Å². The number of carbonyl (C=O) groups excluding carboxylic acids is 1. The zero-order chi connectivity index (χ0) is 19.8. The van der Waals surface area contributed by atoms with Gasteiger partial charge in [-0.3, -0.25) is 4.79 Å². The average molecular weight is 389 g/mol. The van der Waals surface area contributed by atoms with E-state index in [9.17, 15) is 4.79 Å². The molecule has 1 amide bonds. The Morgan fingerprint density at radius 1 is 1.21 bits per heavy atom. The molecule has 0 unspecified atom stereocenters. The minimum atomic E-state index is -0.643. The Morgan fingerprint density at radius 2 is 1.96 bits per heavy atom. The molecule has 1 atom stereocenters. The average Bonchev–Trinajstić information content (AvgIpc) is 3.17. The largest absolute Gasteiger partial charge is 0.494 e. The molecule has 1 aliphatic heterocycles. The first-order valence-electron chi connectivity index (χ1n) is 11.0. The Morgan fingerprint density at radius 3 is 2.64 bits per heavy atom. The van der Waals surface area contributed by atoms with E-state index < -0.39 is 5.60 Å². The van der Waals surface area contributed by atoms with E-state index in [0.717, 1.165) is 62.6 Å². The van der Waals surface area contributed by atoms with Crippen LogP contribution in [-0.2, 0) is 9.53 Å². The van der Waals surface area contributed by atoms with Crippen LogP contribution in [0.3, 0.4) is 0 Å². The number of hydrogen-bond donors (Lipinski definition) is 1. The number of amides is 1. The van der Waals surface area contributed by atoms with E-state index >= 15 is 0 Å². The Hall–Kier alpha value is -1.59. The van der Waals surface area contributed by atoms with Crippen molar-refractivity contribution in [3.63, 3.8) is 0 Å². The Bertz CT molecular complexity index is 611. The molecular weight excluding hydrogens is 352 g/mol. The summed E-state index contributed by atoms with van der Waals surface area (Å²) in [6.07, 6.45) is 7.45. The number of hydrogen-bond acceptors (Lipinski definition) is 4. The lowest BCUT2D eigenvalue weighted by Gasteiger charge is -2.30. The van der Waals surface area contributed by atoms with Crippen molar-refractivity contribution in [1.82, 2.24) is 4.90 Å². The van der Waals surface area contributed by atoms with E-state index in [1.54, 1.807) is 0 Å². The van der Waals surface area contributed by atoms with Crippen LogP contribution in [0, 0.1) is 5.92 Å². The number of rotatable bonds is 9. The predicted octanol–water partition coefficient (Wildman–Crippen LogP) is 4.48. The van der Waals surface area contributed by atoms with E-state index in [-0.39, 0.29) is 5.91 Å². The van der Waals surface area contributed by atoms with Gasteiger partial charge in [0, 0.05) is 25.4 Å². The van der Waals surface area contributed by atoms with Crippen LogP contribution >= 0.6 is 0 Å². The number of likely N-dealkylation sites (tertiary alicyclic amines) is 1. The molecule has 2 aliphatic rings. The second-order valence-electron chi connectivity index (χ2n) is 8.36. The van der Waals surface area contributed by atoms with Crippen LogP contribution in [0.1, 0.15) is 58.8 Å². The lowest BCUT2D eigenvalue weighted by Crippen LogP contribution is -2.43. The van der Waals surface area contributed by atoms with Crippen LogP contribution in [-0.4, -0.2) is 49.3 Å². The first-order chi connectivity index (χ1) is 13.6. The molecule has 5 nitrogen and oxygen atoms in total. The maximum absolute atomic E-state index is 12.7. The molecule has 0 bridgehead atoms. The molecule has 1 saturated carbocycles. The van der Waals surface area contributed by atoms with Gasteiger partial charge in [-0.15, -0.1) is 0 Å². The first kappa shape index (κ1) is 21.1. The smallest absolute Gasteiger partial charge is 0.256 e. The Balaban J connectivity index is 1.41. The maximum Gasteiger partial charge on any atom is 0.256 e. The summed E-state index contributed by atoms with van der Waals surface area (Å²) in [4.78, 5) is 15.3. The molecule has 1 aromatic carbocycles. The zero-order valence-electron chi connectivity index (χ0n) is 17.5. The van der Waals surface area contributed by atoms with Crippen LogP contribution in [0.15, 0.2) is 24.3 Å². The quantitative estimate of drug-likeness (QED) is 0.634. The predicted molar refractivity (Wildman–Crippen MR) is 113 cm³/mol. The molecule has 3 rings (SSSR count). The van der Waals surface area contributed by atoms with Crippen LogP contribution in [0.4, 0.5) is 5.69 Å². The molecule has 0 radical (unpaired) electrons. The first-order valence-corrected chi connectivity index (χ1v) is 11.0. The van der Waals surface area contributed by atoms with Crippen molar-refractivity contribution >= 4 is 11.6 Å². The van der Waals surface area contributed by atoms with Crippen molar-refractivity contribution < 1.29 is 14.3 Å². The Labute approximate surface area is 169 Å². The molecule has 1 saturated heterocycles. The molecule has 28 heavy (non-hydrogen) atoms. The van der Waals surface area contributed by atoms with Crippen LogP contribution < -0.4 is 10.1 Å². The highest BCUT2D eigenvalue weighted by molar-refractivity contribution is 5.97. The van der Waals surface area contributed by atoms with Gasteiger partial charge >= 0.3 is 0 Å². The van der Waals surface area contributed by atoms with Gasteiger partial charge in [-0.2, -0.15) is 0 Å². The lowest BCUT2D eigenvalue weighted by molar-refractivity contribution is -0.140. The van der Waals surface area contributed by atoms with Gasteiger partial charge in [0.05, 0.1) is 6.61 Å².